The minimum Gasteiger partial charge on any atom is -0.492 e. The van der Waals surface area contributed by atoms with Crippen LogP contribution in [0.15, 0.2) is 24.3 Å². The molecule has 0 saturated carbocycles. The fourth-order valence-corrected chi connectivity index (χ4v) is 3.60. The number of anilines is 1. The molecule has 0 fully saturated rings. The van der Waals surface area contributed by atoms with Gasteiger partial charge in [-0.2, -0.15) is 5.10 Å². The van der Waals surface area contributed by atoms with Crippen LogP contribution in [0.25, 0.3) is 0 Å². The maximum absolute atomic E-state index is 12.7. The molecule has 1 aliphatic rings. The maximum atomic E-state index is 12.7. The van der Waals surface area contributed by atoms with E-state index in [1.165, 1.54) is 5.56 Å². The van der Waals surface area contributed by atoms with Gasteiger partial charge in [0.25, 0.3) is 0 Å². The van der Waals surface area contributed by atoms with Gasteiger partial charge in [0.2, 0.25) is 5.91 Å². The topological polar surface area (TPSA) is 70.2 Å². The normalized spacial score (nSPS) is 16.2. The van der Waals surface area contributed by atoms with Crippen LogP contribution in [-0.2, 0) is 17.6 Å². The van der Waals surface area contributed by atoms with Gasteiger partial charge in [-0.3, -0.25) is 9.89 Å². The number of rotatable bonds is 8. The lowest BCUT2D eigenvalue weighted by Crippen LogP contribution is -2.28. The maximum Gasteiger partial charge on any atom is 0.227 e. The molecule has 0 bridgehead atoms. The van der Waals surface area contributed by atoms with Gasteiger partial charge in [0.15, 0.2) is 0 Å². The lowest BCUT2D eigenvalue weighted by atomic mass is 9.86. The molecule has 1 atom stereocenters. The first kappa shape index (κ1) is 19.4. The van der Waals surface area contributed by atoms with Crippen molar-refractivity contribution in [3.05, 3.63) is 41.2 Å². The Morgan fingerprint density at radius 3 is 2.96 bits per heavy atom. The SMILES string of the molecule is CCN(CC)CCOc1cccc(NC(=O)C2CCc3n[nH]c(C)c3C2)c1. The quantitative estimate of drug-likeness (QED) is 0.749. The van der Waals surface area contributed by atoms with Crippen molar-refractivity contribution in [2.24, 2.45) is 5.92 Å². The van der Waals surface area contributed by atoms with Crippen molar-refractivity contribution < 1.29 is 9.53 Å². The molecule has 6 nitrogen and oxygen atoms in total. The summed E-state index contributed by atoms with van der Waals surface area (Å²) in [6.07, 6.45) is 2.44. The number of likely N-dealkylation sites (N-methyl/N-ethyl adjacent to an activating group) is 1. The molecule has 1 aromatic carbocycles. The molecule has 1 aliphatic carbocycles. The molecule has 0 spiro atoms. The number of aryl methyl sites for hydroxylation is 2. The summed E-state index contributed by atoms with van der Waals surface area (Å²) in [6.45, 7) is 9.91. The van der Waals surface area contributed by atoms with Crippen molar-refractivity contribution in [1.82, 2.24) is 15.1 Å². The summed E-state index contributed by atoms with van der Waals surface area (Å²) in [6, 6.07) is 7.66. The fraction of sp³-hybridized carbons (Fsp3) is 0.524. The van der Waals surface area contributed by atoms with E-state index in [0.29, 0.717) is 6.61 Å². The number of nitrogens with zero attached hydrogens (tertiary/aromatic N) is 2. The third-order valence-corrected chi connectivity index (χ3v) is 5.38. The number of hydrogen-bond acceptors (Lipinski definition) is 4. The zero-order valence-corrected chi connectivity index (χ0v) is 16.5. The van der Waals surface area contributed by atoms with Crippen LogP contribution < -0.4 is 10.1 Å². The molecule has 3 rings (SSSR count). The molecule has 0 aliphatic heterocycles. The molecule has 27 heavy (non-hydrogen) atoms. The summed E-state index contributed by atoms with van der Waals surface area (Å²) in [5, 5.41) is 10.4. The largest absolute Gasteiger partial charge is 0.492 e. The van der Waals surface area contributed by atoms with Crippen LogP contribution in [0.2, 0.25) is 0 Å². The Hall–Kier alpha value is -2.34. The van der Waals surface area contributed by atoms with Gasteiger partial charge in [0.05, 0.1) is 5.69 Å². The van der Waals surface area contributed by atoms with Crippen molar-refractivity contribution >= 4 is 11.6 Å². The Morgan fingerprint density at radius 2 is 2.19 bits per heavy atom. The van der Waals surface area contributed by atoms with E-state index in [1.807, 2.05) is 31.2 Å². The van der Waals surface area contributed by atoms with Crippen LogP contribution in [0.4, 0.5) is 5.69 Å². The Bertz CT molecular complexity index is 767. The lowest BCUT2D eigenvalue weighted by molar-refractivity contribution is -0.120. The fourth-order valence-electron chi connectivity index (χ4n) is 3.60. The third-order valence-electron chi connectivity index (χ3n) is 5.38. The molecule has 2 aromatic rings. The number of carbonyl (C=O) groups is 1. The van der Waals surface area contributed by atoms with E-state index in [2.05, 4.69) is 34.3 Å². The minimum absolute atomic E-state index is 0.0129. The Morgan fingerprint density at radius 1 is 1.37 bits per heavy atom. The highest BCUT2D eigenvalue weighted by molar-refractivity contribution is 5.93. The molecule has 1 heterocycles. The van der Waals surface area contributed by atoms with Crippen molar-refractivity contribution in [2.75, 3.05) is 31.6 Å². The summed E-state index contributed by atoms with van der Waals surface area (Å²) >= 11 is 0. The number of benzene rings is 1. The van der Waals surface area contributed by atoms with Gasteiger partial charge in [0.1, 0.15) is 12.4 Å². The van der Waals surface area contributed by atoms with Crippen LogP contribution in [-0.4, -0.2) is 47.2 Å². The van der Waals surface area contributed by atoms with E-state index in [9.17, 15) is 4.79 Å². The molecule has 2 N–H and O–H groups in total. The minimum atomic E-state index is -0.0129. The number of ether oxygens (including phenoxy) is 1. The predicted molar refractivity (Wildman–Crippen MR) is 107 cm³/mol. The summed E-state index contributed by atoms with van der Waals surface area (Å²) in [7, 11) is 0. The van der Waals surface area contributed by atoms with E-state index in [1.54, 1.807) is 0 Å². The third kappa shape index (κ3) is 4.89. The Balaban J connectivity index is 1.55. The van der Waals surface area contributed by atoms with E-state index in [-0.39, 0.29) is 11.8 Å². The van der Waals surface area contributed by atoms with Crippen molar-refractivity contribution in [3.63, 3.8) is 0 Å². The zero-order chi connectivity index (χ0) is 19.2. The van der Waals surface area contributed by atoms with Gasteiger partial charge < -0.3 is 15.0 Å². The van der Waals surface area contributed by atoms with Crippen molar-refractivity contribution in [2.45, 2.75) is 40.0 Å². The van der Waals surface area contributed by atoms with Gasteiger partial charge in [-0.15, -0.1) is 0 Å². The number of aromatic nitrogens is 2. The molecule has 0 radical (unpaired) electrons. The highest BCUT2D eigenvalue weighted by Gasteiger charge is 2.27. The second-order valence-electron chi connectivity index (χ2n) is 7.11. The first-order valence-corrected chi connectivity index (χ1v) is 9.89. The van der Waals surface area contributed by atoms with Gasteiger partial charge in [-0.25, -0.2) is 0 Å². The monoisotopic (exact) mass is 370 g/mol. The van der Waals surface area contributed by atoms with Gasteiger partial charge in [0, 0.05) is 29.9 Å². The van der Waals surface area contributed by atoms with Crippen LogP contribution in [0.1, 0.15) is 37.2 Å². The molecule has 0 saturated heterocycles. The molecule has 146 valence electrons. The van der Waals surface area contributed by atoms with Crippen LogP contribution in [0.3, 0.4) is 0 Å². The highest BCUT2D eigenvalue weighted by atomic mass is 16.5. The second-order valence-corrected chi connectivity index (χ2v) is 7.11. The second kappa shape index (κ2) is 9.04. The zero-order valence-electron chi connectivity index (χ0n) is 16.5. The summed E-state index contributed by atoms with van der Waals surface area (Å²) in [5.74, 6) is 0.846. The van der Waals surface area contributed by atoms with E-state index in [4.69, 9.17) is 4.74 Å². The first-order chi connectivity index (χ1) is 13.1. The van der Waals surface area contributed by atoms with Crippen LogP contribution in [0.5, 0.6) is 5.75 Å². The average Bonchev–Trinajstić information content (AvgIpc) is 3.06. The Kier molecular flexibility index (Phi) is 6.50. The lowest BCUT2D eigenvalue weighted by Gasteiger charge is -2.21. The van der Waals surface area contributed by atoms with Crippen molar-refractivity contribution in [3.8, 4) is 5.75 Å². The number of carbonyl (C=O) groups excluding carboxylic acids is 1. The van der Waals surface area contributed by atoms with Crippen molar-refractivity contribution in [1.29, 1.82) is 0 Å². The van der Waals surface area contributed by atoms with Crippen LogP contribution in [0, 0.1) is 12.8 Å². The molecule has 6 heteroatoms. The number of H-pyrrole nitrogens is 1. The summed E-state index contributed by atoms with van der Waals surface area (Å²) < 4.78 is 5.85. The molecular weight excluding hydrogens is 340 g/mol. The number of amides is 1. The number of hydrogen-bond donors (Lipinski definition) is 2. The number of fused-ring (bicyclic) bond motifs is 1. The van der Waals surface area contributed by atoms with E-state index >= 15 is 0 Å². The summed E-state index contributed by atoms with van der Waals surface area (Å²) in [4.78, 5) is 15.0. The van der Waals surface area contributed by atoms with Crippen LogP contribution >= 0.6 is 0 Å². The Labute approximate surface area is 161 Å². The van der Waals surface area contributed by atoms with Gasteiger partial charge in [-0.05, 0) is 57.0 Å². The average molecular weight is 370 g/mol. The standard InChI is InChI=1S/C21H30N4O2/c1-4-25(5-2)11-12-27-18-8-6-7-17(14-18)22-21(26)16-9-10-20-19(13-16)15(3)23-24-20/h6-8,14,16H,4-5,9-13H2,1-3H3,(H,22,26)(H,23,24). The van der Waals surface area contributed by atoms with Gasteiger partial charge in [-0.1, -0.05) is 19.9 Å². The van der Waals surface area contributed by atoms with E-state index in [0.717, 1.165) is 61.7 Å². The molecule has 1 unspecified atom stereocenters. The smallest absolute Gasteiger partial charge is 0.227 e. The number of aromatic amines is 1. The molecule has 1 amide bonds. The molecular formula is C21H30N4O2. The van der Waals surface area contributed by atoms with Gasteiger partial charge >= 0.3 is 0 Å². The number of nitrogens with one attached hydrogen (secondary N) is 2. The highest BCUT2D eigenvalue weighted by Crippen LogP contribution is 2.27. The van der Waals surface area contributed by atoms with E-state index < -0.39 is 0 Å². The molecule has 1 aromatic heterocycles. The predicted octanol–water partition coefficient (Wildman–Crippen LogP) is 3.18. The summed E-state index contributed by atoms with van der Waals surface area (Å²) in [5.41, 5.74) is 4.18. The first-order valence-electron chi connectivity index (χ1n) is 9.89.